The summed E-state index contributed by atoms with van der Waals surface area (Å²) in [6, 6.07) is 5.73. The van der Waals surface area contributed by atoms with Crippen molar-refractivity contribution in [1.82, 2.24) is 9.62 Å². The molecule has 1 fully saturated rings. The lowest BCUT2D eigenvalue weighted by molar-refractivity contribution is 0.0104. The zero-order valence-corrected chi connectivity index (χ0v) is 14.2. The number of nitrogens with zero attached hydrogens (tertiary/aromatic N) is 1. The lowest BCUT2D eigenvalue weighted by Gasteiger charge is -2.34. The van der Waals surface area contributed by atoms with Crippen molar-refractivity contribution in [2.45, 2.75) is 51.3 Å². The van der Waals surface area contributed by atoms with Crippen LogP contribution in [0.25, 0.3) is 0 Å². The molecule has 2 atom stereocenters. The van der Waals surface area contributed by atoms with E-state index in [1.807, 2.05) is 18.2 Å². The Morgan fingerprint density at radius 2 is 2.04 bits per heavy atom. The van der Waals surface area contributed by atoms with Crippen LogP contribution >= 0.6 is 0 Å². The highest BCUT2D eigenvalue weighted by atomic mass is 32.2. The zero-order chi connectivity index (χ0) is 16.4. The second-order valence-corrected chi connectivity index (χ2v) is 7.53. The Hall–Kier alpha value is -1.15. The summed E-state index contributed by atoms with van der Waals surface area (Å²) in [6.07, 6.45) is 4.79. The van der Waals surface area contributed by atoms with Gasteiger partial charge in [0.1, 0.15) is 5.75 Å². The van der Waals surface area contributed by atoms with E-state index in [0.717, 1.165) is 36.4 Å². The van der Waals surface area contributed by atoms with Gasteiger partial charge in [0, 0.05) is 31.1 Å². The first kappa shape index (κ1) is 16.7. The van der Waals surface area contributed by atoms with Gasteiger partial charge in [-0.1, -0.05) is 25.5 Å². The molecular weight excluding hydrogens is 316 g/mol. The first-order valence-electron chi connectivity index (χ1n) is 8.23. The molecule has 0 aliphatic carbocycles. The molecule has 7 heteroatoms. The summed E-state index contributed by atoms with van der Waals surface area (Å²) in [6.45, 7) is 4.39. The van der Waals surface area contributed by atoms with E-state index in [4.69, 9.17) is 9.29 Å². The van der Waals surface area contributed by atoms with Crippen LogP contribution < -0.4 is 9.46 Å². The molecular formula is C16H24N2O4S. The summed E-state index contributed by atoms with van der Waals surface area (Å²) >= 11 is 0. The fourth-order valence-corrected chi connectivity index (χ4v) is 3.92. The summed E-state index contributed by atoms with van der Waals surface area (Å²) in [5, 5.41) is 0. The zero-order valence-electron chi connectivity index (χ0n) is 13.4. The van der Waals surface area contributed by atoms with Gasteiger partial charge in [-0.2, -0.15) is 13.1 Å². The number of hydrogen-bond donors (Lipinski definition) is 2. The monoisotopic (exact) mass is 340 g/mol. The van der Waals surface area contributed by atoms with E-state index in [1.165, 1.54) is 19.3 Å². The van der Waals surface area contributed by atoms with Gasteiger partial charge in [0.15, 0.2) is 6.23 Å². The number of likely N-dealkylation sites (tertiary alicyclic amines) is 1. The van der Waals surface area contributed by atoms with Gasteiger partial charge >= 0.3 is 10.3 Å². The van der Waals surface area contributed by atoms with Gasteiger partial charge in [-0.15, -0.1) is 0 Å². The van der Waals surface area contributed by atoms with E-state index in [2.05, 4.69) is 16.5 Å². The van der Waals surface area contributed by atoms with Crippen LogP contribution in [0.4, 0.5) is 0 Å². The normalized spacial score (nSPS) is 25.1. The summed E-state index contributed by atoms with van der Waals surface area (Å²) in [4.78, 5) is 2.42. The highest BCUT2D eigenvalue weighted by Gasteiger charge is 2.37. The van der Waals surface area contributed by atoms with Crippen LogP contribution in [0.1, 0.15) is 49.7 Å². The van der Waals surface area contributed by atoms with E-state index in [-0.39, 0.29) is 12.8 Å². The smallest absolute Gasteiger partial charge is 0.333 e. The average Bonchev–Trinajstić information content (AvgIpc) is 2.91. The average molecular weight is 340 g/mol. The van der Waals surface area contributed by atoms with Crippen molar-refractivity contribution < 1.29 is 17.7 Å². The standard InChI is InChI=1S/C16H24N2O4S/c1-2-13-14-10-12(11-17-23(19,20)21)6-7-15(14)22-16(13)18-8-4-3-5-9-18/h6-7,10,13,16-17H,2-5,8-9,11H2,1H3,(H,19,20,21). The highest BCUT2D eigenvalue weighted by Crippen LogP contribution is 2.42. The molecule has 1 aromatic carbocycles. The topological polar surface area (TPSA) is 78.9 Å². The fourth-order valence-electron chi connectivity index (χ4n) is 3.57. The minimum Gasteiger partial charge on any atom is -0.474 e. The van der Waals surface area contributed by atoms with Crippen molar-refractivity contribution in [1.29, 1.82) is 0 Å². The number of benzene rings is 1. The fraction of sp³-hybridized carbons (Fsp3) is 0.625. The van der Waals surface area contributed by atoms with Crippen molar-refractivity contribution in [2.24, 2.45) is 0 Å². The SMILES string of the molecule is CCC1c2cc(CNS(=O)(=O)O)ccc2OC1N1CCCCC1. The van der Waals surface area contributed by atoms with Crippen molar-refractivity contribution in [3.8, 4) is 5.75 Å². The lowest BCUT2D eigenvalue weighted by Crippen LogP contribution is -2.43. The number of nitrogens with one attached hydrogen (secondary N) is 1. The molecule has 0 spiro atoms. The summed E-state index contributed by atoms with van der Waals surface area (Å²) in [7, 11) is -4.17. The van der Waals surface area contributed by atoms with Crippen LogP contribution in [0, 0.1) is 0 Å². The maximum absolute atomic E-state index is 10.8. The van der Waals surface area contributed by atoms with Gasteiger partial charge in [0.2, 0.25) is 0 Å². The first-order chi connectivity index (χ1) is 11.0. The van der Waals surface area contributed by atoms with Gasteiger partial charge in [-0.05, 0) is 30.9 Å². The van der Waals surface area contributed by atoms with Gasteiger partial charge < -0.3 is 4.74 Å². The second-order valence-electron chi connectivity index (χ2n) is 6.29. The molecule has 2 heterocycles. The molecule has 1 aromatic rings. The van der Waals surface area contributed by atoms with Gasteiger partial charge in [-0.25, -0.2) is 0 Å². The molecule has 0 aromatic heterocycles. The van der Waals surface area contributed by atoms with Crippen molar-refractivity contribution in [3.63, 3.8) is 0 Å². The lowest BCUT2D eigenvalue weighted by atomic mass is 9.93. The van der Waals surface area contributed by atoms with E-state index in [0.29, 0.717) is 5.92 Å². The molecule has 2 aliphatic rings. The van der Waals surface area contributed by atoms with Crippen LogP contribution in [0.2, 0.25) is 0 Å². The molecule has 1 saturated heterocycles. The molecule has 0 saturated carbocycles. The molecule has 128 valence electrons. The van der Waals surface area contributed by atoms with Crippen LogP contribution in [-0.2, 0) is 16.8 Å². The van der Waals surface area contributed by atoms with E-state index in [9.17, 15) is 8.42 Å². The van der Waals surface area contributed by atoms with Crippen LogP contribution in [0.15, 0.2) is 18.2 Å². The maximum atomic E-state index is 10.8. The van der Waals surface area contributed by atoms with Crippen LogP contribution in [0.5, 0.6) is 5.75 Å². The first-order valence-corrected chi connectivity index (χ1v) is 9.67. The molecule has 2 unspecified atom stereocenters. The number of fused-ring (bicyclic) bond motifs is 1. The Morgan fingerprint density at radius 3 is 2.70 bits per heavy atom. The Balaban J connectivity index is 1.78. The van der Waals surface area contributed by atoms with E-state index < -0.39 is 10.3 Å². The van der Waals surface area contributed by atoms with Crippen molar-refractivity contribution in [3.05, 3.63) is 29.3 Å². The Kier molecular flexibility index (Phi) is 4.91. The third-order valence-corrected chi connectivity index (χ3v) is 5.22. The maximum Gasteiger partial charge on any atom is 0.333 e. The highest BCUT2D eigenvalue weighted by molar-refractivity contribution is 7.83. The quantitative estimate of drug-likeness (QED) is 0.804. The molecule has 6 nitrogen and oxygen atoms in total. The molecule has 3 rings (SSSR count). The van der Waals surface area contributed by atoms with Crippen molar-refractivity contribution in [2.75, 3.05) is 13.1 Å². The molecule has 0 radical (unpaired) electrons. The predicted octanol–water partition coefficient (Wildman–Crippen LogP) is 2.28. The van der Waals surface area contributed by atoms with Gasteiger partial charge in [-0.3, -0.25) is 9.45 Å². The number of piperidine rings is 1. The molecule has 0 amide bonds. The number of hydrogen-bond acceptors (Lipinski definition) is 4. The number of ether oxygens (including phenoxy) is 1. The largest absolute Gasteiger partial charge is 0.474 e. The van der Waals surface area contributed by atoms with E-state index in [1.54, 1.807) is 0 Å². The minimum atomic E-state index is -4.17. The van der Waals surface area contributed by atoms with Crippen LogP contribution in [-0.4, -0.2) is 37.2 Å². The molecule has 0 bridgehead atoms. The summed E-state index contributed by atoms with van der Waals surface area (Å²) in [5.41, 5.74) is 1.96. The molecule has 2 aliphatic heterocycles. The molecule has 23 heavy (non-hydrogen) atoms. The Bertz CT molecular complexity index is 656. The minimum absolute atomic E-state index is 0.0803. The predicted molar refractivity (Wildman–Crippen MR) is 87.7 cm³/mol. The van der Waals surface area contributed by atoms with Gasteiger partial charge in [0.25, 0.3) is 0 Å². The Morgan fingerprint density at radius 1 is 1.30 bits per heavy atom. The third-order valence-electron chi connectivity index (χ3n) is 4.71. The third kappa shape index (κ3) is 3.85. The second kappa shape index (κ2) is 6.76. The van der Waals surface area contributed by atoms with Crippen molar-refractivity contribution >= 4 is 10.3 Å². The van der Waals surface area contributed by atoms with Gasteiger partial charge in [0.05, 0.1) is 0 Å². The molecule has 2 N–H and O–H groups in total. The number of rotatable bonds is 5. The van der Waals surface area contributed by atoms with E-state index >= 15 is 0 Å². The Labute approximate surface area is 137 Å². The van der Waals surface area contributed by atoms with Crippen LogP contribution in [0.3, 0.4) is 0 Å². The summed E-state index contributed by atoms with van der Waals surface area (Å²) in [5.74, 6) is 1.19. The summed E-state index contributed by atoms with van der Waals surface area (Å²) < 4.78 is 38.8.